The number of hydrogen-bond acceptors (Lipinski definition) is 21. The monoisotopic (exact) mass is 1110 g/mol. The molecule has 446 valence electrons. The van der Waals surface area contributed by atoms with Crippen molar-refractivity contribution in [3.63, 3.8) is 0 Å². The molecule has 0 spiro atoms. The van der Waals surface area contributed by atoms with Crippen LogP contribution < -0.4 is 37.2 Å². The zero-order valence-electron chi connectivity index (χ0n) is 45.8. The van der Waals surface area contributed by atoms with Crippen molar-refractivity contribution in [2.75, 3.05) is 92.2 Å². The van der Waals surface area contributed by atoms with E-state index in [1.165, 1.54) is 20.8 Å². The molecule has 4 unspecified atom stereocenters. The first kappa shape index (κ1) is 69.0. The van der Waals surface area contributed by atoms with Crippen molar-refractivity contribution >= 4 is 41.2 Å². The Morgan fingerprint density at radius 1 is 0.468 bits per heavy atom. The minimum Gasteiger partial charge on any atom is -0.394 e. The number of aliphatic hydroxyl groups excluding tert-OH is 6. The number of aliphatic hydroxyl groups is 6. The standard InChI is InChI=1S/C50H91N7O20/c1-32(60)15-24-71-29-50(57-49(4,5)6,30-72-25-16-39(65)53-20-11-18-51-37(63)13-7-9-22-74-47-41(55-33(2)61)45(69)43(67)35(27-58)76-47)31-73-26-17-40(66)54-21-12-19-52-38(64)14-8-10-23-75-48-42(56-34(3)62)46(70)44(68)36(28-59)77-48/h35-36,41-48,57-59,67-70H,7-31H2,1-6H3,(H,51,63)(H,52,64)(H,53,65)(H,54,66)(H,55,61)(H,56,62)/t35?,36?,41-,42-,43+,44+,45?,46?,47+,48+,50?/m0/s1. The number of unbranched alkanes of at least 4 members (excludes halogenated alkanes) is 2. The number of Topliss-reactive ketones (excluding diaryl/α,β-unsaturated/α-hetero) is 1. The van der Waals surface area contributed by atoms with Gasteiger partial charge in [0.15, 0.2) is 12.6 Å². The summed E-state index contributed by atoms with van der Waals surface area (Å²) in [6, 6.07) is -2.10. The number of rotatable bonds is 40. The van der Waals surface area contributed by atoms with Crippen LogP contribution in [-0.2, 0) is 66.7 Å². The van der Waals surface area contributed by atoms with Crippen LogP contribution in [0.2, 0.25) is 0 Å². The maximum absolute atomic E-state index is 12.7. The molecule has 0 aromatic rings. The van der Waals surface area contributed by atoms with Crippen LogP contribution in [0.15, 0.2) is 0 Å². The van der Waals surface area contributed by atoms with Gasteiger partial charge in [0.25, 0.3) is 0 Å². The van der Waals surface area contributed by atoms with Crippen LogP contribution in [0.3, 0.4) is 0 Å². The average Bonchev–Trinajstić information content (AvgIpc) is 3.35. The number of carbonyl (C=O) groups excluding carboxylic acids is 7. The Bertz CT molecular complexity index is 1660. The molecule has 0 saturated carbocycles. The molecule has 2 fully saturated rings. The number of amides is 6. The lowest BCUT2D eigenvalue weighted by atomic mass is 9.97. The van der Waals surface area contributed by atoms with Crippen LogP contribution in [0.5, 0.6) is 0 Å². The third-order valence-electron chi connectivity index (χ3n) is 12.0. The molecule has 0 radical (unpaired) electrons. The first-order chi connectivity index (χ1) is 36.5. The Labute approximate surface area is 451 Å². The van der Waals surface area contributed by atoms with Gasteiger partial charge in [0.2, 0.25) is 35.4 Å². The highest BCUT2D eigenvalue weighted by Gasteiger charge is 2.46. The minimum atomic E-state index is -1.42. The molecule has 2 saturated heterocycles. The zero-order valence-corrected chi connectivity index (χ0v) is 45.8. The van der Waals surface area contributed by atoms with Crippen molar-refractivity contribution in [2.24, 2.45) is 0 Å². The molecular formula is C50H91N7O20. The van der Waals surface area contributed by atoms with Gasteiger partial charge < -0.3 is 101 Å². The first-order valence-corrected chi connectivity index (χ1v) is 26.6. The van der Waals surface area contributed by atoms with Gasteiger partial charge >= 0.3 is 0 Å². The predicted molar refractivity (Wildman–Crippen MR) is 274 cm³/mol. The van der Waals surface area contributed by atoms with E-state index in [0.717, 1.165) is 0 Å². The van der Waals surface area contributed by atoms with Gasteiger partial charge in [0, 0.05) is 90.9 Å². The quantitative estimate of drug-likeness (QED) is 0.0264. The van der Waals surface area contributed by atoms with E-state index in [4.69, 9.17) is 33.2 Å². The maximum Gasteiger partial charge on any atom is 0.222 e. The second-order valence-electron chi connectivity index (χ2n) is 20.4. The van der Waals surface area contributed by atoms with E-state index in [9.17, 15) is 64.2 Å². The molecular weight excluding hydrogens is 1020 g/mol. The van der Waals surface area contributed by atoms with Gasteiger partial charge in [-0.2, -0.15) is 0 Å². The molecule has 27 nitrogen and oxygen atoms in total. The molecule has 0 bridgehead atoms. The highest BCUT2D eigenvalue weighted by molar-refractivity contribution is 5.77. The van der Waals surface area contributed by atoms with Gasteiger partial charge in [-0.05, 0) is 66.2 Å². The van der Waals surface area contributed by atoms with Crippen LogP contribution in [0, 0.1) is 0 Å². The van der Waals surface area contributed by atoms with Gasteiger partial charge in [-0.3, -0.25) is 33.6 Å². The summed E-state index contributed by atoms with van der Waals surface area (Å²) in [6.45, 7) is 10.8. The molecule has 6 amide bonds. The van der Waals surface area contributed by atoms with Crippen LogP contribution in [0.1, 0.15) is 112 Å². The van der Waals surface area contributed by atoms with Crippen molar-refractivity contribution in [1.29, 1.82) is 0 Å². The number of nitrogens with one attached hydrogen (secondary N) is 7. The van der Waals surface area contributed by atoms with Crippen molar-refractivity contribution in [3.8, 4) is 0 Å². The zero-order chi connectivity index (χ0) is 57.4. The van der Waals surface area contributed by atoms with E-state index in [2.05, 4.69) is 37.2 Å². The highest BCUT2D eigenvalue weighted by atomic mass is 16.7. The predicted octanol–water partition coefficient (Wildman–Crippen LogP) is -3.57. The fraction of sp³-hybridized carbons (Fsp3) is 0.860. The smallest absolute Gasteiger partial charge is 0.222 e. The highest BCUT2D eigenvalue weighted by Crippen LogP contribution is 2.24. The van der Waals surface area contributed by atoms with E-state index in [-0.39, 0.29) is 114 Å². The summed E-state index contributed by atoms with van der Waals surface area (Å²) in [5.74, 6) is -1.85. The van der Waals surface area contributed by atoms with Gasteiger partial charge in [-0.25, -0.2) is 0 Å². The lowest BCUT2D eigenvalue weighted by molar-refractivity contribution is -0.270. The second-order valence-corrected chi connectivity index (χ2v) is 20.4. The van der Waals surface area contributed by atoms with E-state index in [1.807, 2.05) is 20.8 Å². The molecule has 2 rings (SSSR count). The summed E-state index contributed by atoms with van der Waals surface area (Å²) in [5.41, 5.74) is -1.37. The van der Waals surface area contributed by atoms with Crippen molar-refractivity contribution in [2.45, 2.75) is 185 Å². The summed E-state index contributed by atoms with van der Waals surface area (Å²) < 4.78 is 40.4. The Kier molecular flexibility index (Phi) is 33.8. The minimum absolute atomic E-state index is 0.0311. The van der Waals surface area contributed by atoms with Crippen LogP contribution >= 0.6 is 0 Å². The van der Waals surface area contributed by atoms with Crippen molar-refractivity contribution in [3.05, 3.63) is 0 Å². The molecule has 0 aromatic carbocycles. The van der Waals surface area contributed by atoms with Crippen LogP contribution in [0.25, 0.3) is 0 Å². The molecule has 13 N–H and O–H groups in total. The maximum atomic E-state index is 12.7. The molecule has 27 heteroatoms. The Morgan fingerprint density at radius 3 is 1.14 bits per heavy atom. The SMILES string of the molecule is CC(=O)CCOCC(COCCC(=O)NCCCNC(=O)CCCCO[C@@H]1OC(CO)[C@@H](O)C(O)[C@@H]1NC(C)=O)(COCCC(=O)NCCCNC(=O)CCCCO[C@@H]1OC(CO)[C@@H](O)C(O)[C@@H]1NC(C)=O)NC(C)(C)C. The van der Waals surface area contributed by atoms with Gasteiger partial charge in [-0.15, -0.1) is 0 Å². The molecule has 0 aromatic heterocycles. The van der Waals surface area contributed by atoms with E-state index in [0.29, 0.717) is 64.7 Å². The second kappa shape index (κ2) is 37.7. The largest absolute Gasteiger partial charge is 0.394 e. The van der Waals surface area contributed by atoms with Crippen LogP contribution in [-0.4, -0.2) is 236 Å². The Hall–Kier alpha value is -4.07. The summed E-state index contributed by atoms with van der Waals surface area (Å²) in [4.78, 5) is 84.9. The third-order valence-corrected chi connectivity index (χ3v) is 12.0. The first-order valence-electron chi connectivity index (χ1n) is 26.6. The molecule has 2 aliphatic rings. The fourth-order valence-corrected chi connectivity index (χ4v) is 8.22. The van der Waals surface area contributed by atoms with E-state index >= 15 is 0 Å². The average molecular weight is 1110 g/mol. The van der Waals surface area contributed by atoms with Gasteiger partial charge in [0.1, 0.15) is 54.5 Å². The molecule has 10 atom stereocenters. The van der Waals surface area contributed by atoms with Gasteiger partial charge in [-0.1, -0.05) is 0 Å². The fourth-order valence-electron chi connectivity index (χ4n) is 8.22. The summed E-state index contributed by atoms with van der Waals surface area (Å²) in [7, 11) is 0. The van der Waals surface area contributed by atoms with Crippen molar-refractivity contribution < 1.29 is 97.4 Å². The van der Waals surface area contributed by atoms with Crippen LogP contribution in [0.4, 0.5) is 0 Å². The molecule has 0 aliphatic carbocycles. The summed E-state index contributed by atoms with van der Waals surface area (Å²) >= 11 is 0. The Balaban J connectivity index is 1.67. The lowest BCUT2D eigenvalue weighted by Crippen LogP contribution is -2.64. The van der Waals surface area contributed by atoms with E-state index in [1.54, 1.807) is 0 Å². The number of ketones is 1. The van der Waals surface area contributed by atoms with Crippen molar-refractivity contribution in [1.82, 2.24) is 37.2 Å². The summed E-state index contributed by atoms with van der Waals surface area (Å²) in [6.07, 6.45) is -6.56. The van der Waals surface area contributed by atoms with Gasteiger partial charge in [0.05, 0.1) is 58.4 Å². The van der Waals surface area contributed by atoms with E-state index < -0.39 is 97.4 Å². The number of carbonyl (C=O) groups is 7. The number of ether oxygens (including phenoxy) is 7. The molecule has 2 aliphatic heterocycles. The lowest BCUT2D eigenvalue weighted by Gasteiger charge is -2.42. The molecule has 2 heterocycles. The normalized spacial score (nSPS) is 24.3. The molecule has 77 heavy (non-hydrogen) atoms. The topological polar surface area (TPSA) is 390 Å². The number of hydrogen-bond donors (Lipinski definition) is 13. The third kappa shape index (κ3) is 29.1. The summed E-state index contributed by atoms with van der Waals surface area (Å²) in [5, 5.41) is 79.8. The Morgan fingerprint density at radius 2 is 0.818 bits per heavy atom.